The second kappa shape index (κ2) is 6.23. The zero-order valence-corrected chi connectivity index (χ0v) is 14.0. The summed E-state index contributed by atoms with van der Waals surface area (Å²) in [5, 5.41) is 0. The first kappa shape index (κ1) is 17.0. The van der Waals surface area contributed by atoms with Gasteiger partial charge in [-0.2, -0.15) is 13.2 Å². The van der Waals surface area contributed by atoms with Crippen molar-refractivity contribution in [2.45, 2.75) is 45.3 Å². The van der Waals surface area contributed by atoms with Crippen LogP contribution in [0.2, 0.25) is 0 Å². The third-order valence-electron chi connectivity index (χ3n) is 4.51. The fourth-order valence-electron chi connectivity index (χ4n) is 3.20. The molecule has 0 saturated carbocycles. The fourth-order valence-corrected chi connectivity index (χ4v) is 3.20. The third kappa shape index (κ3) is 3.48. The first-order valence-electron chi connectivity index (χ1n) is 7.99. The number of halogens is 3. The molecule has 24 heavy (non-hydrogen) atoms. The molecule has 1 saturated heterocycles. The number of hydrogen-bond acceptors (Lipinski definition) is 4. The zero-order valence-electron chi connectivity index (χ0n) is 14.0. The van der Waals surface area contributed by atoms with E-state index in [-0.39, 0.29) is 5.92 Å². The number of alkyl halides is 3. The summed E-state index contributed by atoms with van der Waals surface area (Å²) in [6.07, 6.45) is -1.59. The maximum absolute atomic E-state index is 12.8. The van der Waals surface area contributed by atoms with Crippen LogP contribution in [0, 0.1) is 13.8 Å². The number of aryl methyl sites for hydroxylation is 3. The lowest BCUT2D eigenvalue weighted by atomic mass is 9.97. The van der Waals surface area contributed by atoms with E-state index in [1.807, 2.05) is 13.8 Å². The molecule has 1 atom stereocenters. The molecule has 0 radical (unpaired) electrons. The van der Waals surface area contributed by atoms with Gasteiger partial charge >= 0.3 is 6.18 Å². The molecule has 0 amide bonds. The van der Waals surface area contributed by atoms with Crippen LogP contribution in [-0.2, 0) is 19.8 Å². The van der Waals surface area contributed by atoms with E-state index in [9.17, 15) is 13.2 Å². The fraction of sp³-hybridized carbons (Fsp3) is 0.625. The number of oxazole rings is 1. The molecule has 1 aliphatic rings. The van der Waals surface area contributed by atoms with Crippen LogP contribution in [0.1, 0.15) is 47.6 Å². The zero-order chi connectivity index (χ0) is 17.5. The van der Waals surface area contributed by atoms with Crippen molar-refractivity contribution in [3.05, 3.63) is 35.1 Å². The molecule has 132 valence electrons. The first-order chi connectivity index (χ1) is 11.2. The SMILES string of the molecule is Cc1nc(CN2CCC[C@@H](c3nc(C(F)(F)F)cn3C)C2)oc1C. The smallest absolute Gasteiger partial charge is 0.434 e. The maximum atomic E-state index is 12.8. The molecular formula is C16H21F3N4O. The van der Waals surface area contributed by atoms with E-state index in [1.54, 1.807) is 7.05 Å². The Hall–Kier alpha value is -1.83. The van der Waals surface area contributed by atoms with Crippen LogP contribution in [0.25, 0.3) is 0 Å². The van der Waals surface area contributed by atoms with Gasteiger partial charge in [-0.05, 0) is 33.2 Å². The van der Waals surface area contributed by atoms with Crippen LogP contribution in [0.15, 0.2) is 10.6 Å². The van der Waals surface area contributed by atoms with E-state index in [0.717, 1.165) is 37.0 Å². The Labute approximate surface area is 138 Å². The van der Waals surface area contributed by atoms with Crippen molar-refractivity contribution in [2.75, 3.05) is 13.1 Å². The van der Waals surface area contributed by atoms with E-state index in [2.05, 4.69) is 14.9 Å². The van der Waals surface area contributed by atoms with Gasteiger partial charge in [-0.25, -0.2) is 9.97 Å². The molecule has 0 aromatic carbocycles. The highest BCUT2D eigenvalue weighted by Gasteiger charge is 2.36. The van der Waals surface area contributed by atoms with Crippen molar-refractivity contribution in [3.8, 4) is 0 Å². The molecule has 2 aromatic heterocycles. The van der Waals surface area contributed by atoms with Gasteiger partial charge in [0.05, 0.1) is 12.2 Å². The van der Waals surface area contributed by atoms with Gasteiger partial charge < -0.3 is 8.98 Å². The molecule has 1 aliphatic heterocycles. The van der Waals surface area contributed by atoms with Gasteiger partial charge in [-0.1, -0.05) is 0 Å². The van der Waals surface area contributed by atoms with E-state index in [0.29, 0.717) is 24.8 Å². The molecule has 8 heteroatoms. The Kier molecular flexibility index (Phi) is 4.42. The standard InChI is InChI=1S/C16H21F3N4O/c1-10-11(2)24-14(20-10)9-23-6-4-5-12(7-23)15-21-13(8-22(15)3)16(17,18)19/h8,12H,4-7,9H2,1-3H3/t12-/m1/s1. The van der Waals surface area contributed by atoms with Crippen molar-refractivity contribution in [1.29, 1.82) is 0 Å². The second-order valence-electron chi connectivity index (χ2n) is 6.42. The number of piperidine rings is 1. The van der Waals surface area contributed by atoms with Gasteiger partial charge in [0.15, 0.2) is 5.69 Å². The Morgan fingerprint density at radius 3 is 2.62 bits per heavy atom. The number of nitrogens with zero attached hydrogens (tertiary/aromatic N) is 4. The largest absolute Gasteiger partial charge is 0.444 e. The molecule has 0 unspecified atom stereocenters. The minimum absolute atomic E-state index is 0.0167. The van der Waals surface area contributed by atoms with Crippen LogP contribution in [-0.4, -0.2) is 32.5 Å². The number of imidazole rings is 1. The average molecular weight is 342 g/mol. The average Bonchev–Trinajstić information content (AvgIpc) is 3.02. The summed E-state index contributed by atoms with van der Waals surface area (Å²) < 4.78 is 45.6. The summed E-state index contributed by atoms with van der Waals surface area (Å²) in [5.41, 5.74) is 0.0496. The van der Waals surface area contributed by atoms with Crippen molar-refractivity contribution < 1.29 is 17.6 Å². The Bertz CT molecular complexity index is 700. The predicted molar refractivity (Wildman–Crippen MR) is 81.4 cm³/mol. The predicted octanol–water partition coefficient (Wildman–Crippen LogP) is 3.42. The van der Waals surface area contributed by atoms with Gasteiger partial charge in [0.25, 0.3) is 0 Å². The van der Waals surface area contributed by atoms with Gasteiger partial charge in [-0.15, -0.1) is 0 Å². The Morgan fingerprint density at radius 1 is 1.29 bits per heavy atom. The van der Waals surface area contributed by atoms with E-state index >= 15 is 0 Å². The minimum atomic E-state index is -4.41. The van der Waals surface area contributed by atoms with Crippen LogP contribution >= 0.6 is 0 Å². The molecule has 0 N–H and O–H groups in total. The third-order valence-corrected chi connectivity index (χ3v) is 4.51. The number of aromatic nitrogens is 3. The van der Waals surface area contributed by atoms with Gasteiger partial charge in [-0.3, -0.25) is 4.90 Å². The number of rotatable bonds is 3. The lowest BCUT2D eigenvalue weighted by molar-refractivity contribution is -0.141. The number of likely N-dealkylation sites (tertiary alicyclic amines) is 1. The molecule has 0 bridgehead atoms. The molecule has 3 heterocycles. The first-order valence-corrected chi connectivity index (χ1v) is 7.99. The molecular weight excluding hydrogens is 321 g/mol. The highest BCUT2D eigenvalue weighted by molar-refractivity contribution is 5.12. The number of hydrogen-bond donors (Lipinski definition) is 0. The summed E-state index contributed by atoms with van der Waals surface area (Å²) in [5.74, 6) is 1.93. The molecule has 3 rings (SSSR count). The topological polar surface area (TPSA) is 47.1 Å². The summed E-state index contributed by atoms with van der Waals surface area (Å²) in [4.78, 5) is 10.4. The van der Waals surface area contributed by atoms with Crippen LogP contribution in [0.3, 0.4) is 0 Å². The lowest BCUT2D eigenvalue weighted by Gasteiger charge is -2.31. The van der Waals surface area contributed by atoms with Gasteiger partial charge in [0, 0.05) is 25.7 Å². The lowest BCUT2D eigenvalue weighted by Crippen LogP contribution is -2.34. The molecule has 1 fully saturated rings. The van der Waals surface area contributed by atoms with Crippen molar-refractivity contribution in [1.82, 2.24) is 19.4 Å². The monoisotopic (exact) mass is 342 g/mol. The van der Waals surface area contributed by atoms with Crippen molar-refractivity contribution in [3.63, 3.8) is 0 Å². The summed E-state index contributed by atoms with van der Waals surface area (Å²) in [6.45, 7) is 5.88. The van der Waals surface area contributed by atoms with E-state index < -0.39 is 11.9 Å². The van der Waals surface area contributed by atoms with E-state index in [1.165, 1.54) is 4.57 Å². The van der Waals surface area contributed by atoms with Crippen molar-refractivity contribution >= 4 is 0 Å². The van der Waals surface area contributed by atoms with Crippen LogP contribution in [0.4, 0.5) is 13.2 Å². The van der Waals surface area contributed by atoms with Crippen molar-refractivity contribution in [2.24, 2.45) is 7.05 Å². The Balaban J connectivity index is 1.72. The normalized spacial score (nSPS) is 19.8. The summed E-state index contributed by atoms with van der Waals surface area (Å²) in [7, 11) is 1.62. The maximum Gasteiger partial charge on any atom is 0.434 e. The summed E-state index contributed by atoms with van der Waals surface area (Å²) >= 11 is 0. The summed E-state index contributed by atoms with van der Waals surface area (Å²) in [6, 6.07) is 0. The van der Waals surface area contributed by atoms with E-state index in [4.69, 9.17) is 4.42 Å². The highest BCUT2D eigenvalue weighted by atomic mass is 19.4. The quantitative estimate of drug-likeness (QED) is 0.857. The van der Waals surface area contributed by atoms with Crippen LogP contribution < -0.4 is 0 Å². The van der Waals surface area contributed by atoms with Crippen LogP contribution in [0.5, 0.6) is 0 Å². The Morgan fingerprint density at radius 2 is 2.04 bits per heavy atom. The molecule has 0 aliphatic carbocycles. The van der Waals surface area contributed by atoms with Gasteiger partial charge in [0.2, 0.25) is 5.89 Å². The molecule has 2 aromatic rings. The van der Waals surface area contributed by atoms with Gasteiger partial charge in [0.1, 0.15) is 11.6 Å². The molecule has 0 spiro atoms. The highest BCUT2D eigenvalue weighted by Crippen LogP contribution is 2.32. The molecule has 5 nitrogen and oxygen atoms in total. The second-order valence-corrected chi connectivity index (χ2v) is 6.42. The minimum Gasteiger partial charge on any atom is -0.444 e.